The van der Waals surface area contributed by atoms with Crippen molar-refractivity contribution in [1.82, 2.24) is 0 Å². The Labute approximate surface area is 326 Å². The molecular formula is C50H62Se2. The second-order valence-corrected chi connectivity index (χ2v) is 20.5. The molecular weight excluding hydrogens is 758 g/mol. The summed E-state index contributed by atoms with van der Waals surface area (Å²) < 4.78 is 6.31. The summed E-state index contributed by atoms with van der Waals surface area (Å²) in [5.74, 6) is 0. The predicted octanol–water partition coefficient (Wildman–Crippen LogP) is 15.6. The van der Waals surface area contributed by atoms with Crippen molar-refractivity contribution < 1.29 is 0 Å². The predicted molar refractivity (Wildman–Crippen MR) is 236 cm³/mol. The first-order valence-corrected chi connectivity index (χ1v) is 24.8. The average molecular weight is 821 g/mol. The van der Waals surface area contributed by atoms with Crippen molar-refractivity contribution in [3.05, 3.63) is 83.9 Å². The molecule has 2 aromatic heterocycles. The quantitative estimate of drug-likeness (QED) is 0.0472. The van der Waals surface area contributed by atoms with Crippen LogP contribution in [0, 0.1) is 0 Å². The Morgan fingerprint density at radius 3 is 1.02 bits per heavy atom. The summed E-state index contributed by atoms with van der Waals surface area (Å²) in [5.41, 5.74) is 3.03. The zero-order valence-electron chi connectivity index (χ0n) is 32.3. The van der Waals surface area contributed by atoms with E-state index in [1.807, 2.05) is 0 Å². The van der Waals surface area contributed by atoms with Crippen LogP contribution in [0.5, 0.6) is 0 Å². The minimum atomic E-state index is 0.372. The Hall–Kier alpha value is -2.34. The number of hydrogen-bond acceptors (Lipinski definition) is 0. The van der Waals surface area contributed by atoms with Crippen LogP contribution in [-0.2, 0) is 12.8 Å². The first-order valence-electron chi connectivity index (χ1n) is 21.4. The first kappa shape index (κ1) is 38.0. The molecule has 0 fully saturated rings. The third kappa shape index (κ3) is 9.66. The van der Waals surface area contributed by atoms with Gasteiger partial charge in [0.05, 0.1) is 0 Å². The molecule has 0 amide bonds. The molecule has 0 aliphatic heterocycles. The standard InChI is InChI=1S/C50H62Se2/c1-3-5-7-9-11-13-15-17-19-21-23-37-25-27-39-33-47-43(31-41(39)29-37)45-35-50-46(36-49(45)51-47)44-32-42-30-38(26-28-40(42)34-48(44)52-50)24-22-20-18-16-14-12-10-8-6-4-2/h25-36H,3-24H2,1-2H3. The van der Waals surface area contributed by atoms with Gasteiger partial charge >= 0.3 is 250 Å². The van der Waals surface area contributed by atoms with Crippen molar-refractivity contribution in [2.75, 3.05) is 0 Å². The van der Waals surface area contributed by atoms with Crippen molar-refractivity contribution >= 4 is 89.1 Å². The minimum absolute atomic E-state index is 0.372. The number of hydrogen-bond donors (Lipinski definition) is 0. The van der Waals surface area contributed by atoms with Crippen LogP contribution in [0.25, 0.3) is 60.1 Å². The van der Waals surface area contributed by atoms with E-state index in [1.165, 1.54) is 195 Å². The molecule has 0 saturated carbocycles. The van der Waals surface area contributed by atoms with Crippen molar-refractivity contribution in [2.45, 2.75) is 155 Å². The van der Waals surface area contributed by atoms with Crippen LogP contribution in [0.4, 0.5) is 0 Å². The normalized spacial score (nSPS) is 12.2. The number of aryl methyl sites for hydroxylation is 2. The summed E-state index contributed by atoms with van der Waals surface area (Å²) in [5, 5.41) is 11.8. The molecule has 52 heavy (non-hydrogen) atoms. The Bertz CT molecular complexity index is 2040. The molecule has 0 aliphatic carbocycles. The van der Waals surface area contributed by atoms with Crippen LogP contribution in [0.1, 0.15) is 153 Å². The van der Waals surface area contributed by atoms with Crippen LogP contribution in [0.3, 0.4) is 0 Å². The van der Waals surface area contributed by atoms with Gasteiger partial charge in [0.1, 0.15) is 0 Å². The second-order valence-electron chi connectivity index (χ2n) is 16.0. The van der Waals surface area contributed by atoms with Crippen molar-refractivity contribution in [3.8, 4) is 0 Å². The second kappa shape index (κ2) is 19.3. The SMILES string of the molecule is CCCCCCCCCCCCc1ccc2cc3[se]c4cc5c(cc4c3cc2c1)[se]c1cc2ccc(CCCCCCCCCCCC)cc2cc15. The molecule has 5 aromatic carbocycles. The molecule has 0 nitrogen and oxygen atoms in total. The number of unbranched alkanes of at least 4 members (excludes halogenated alkanes) is 18. The maximum atomic E-state index is 2.60. The van der Waals surface area contributed by atoms with Gasteiger partial charge < -0.3 is 0 Å². The molecule has 0 saturated heterocycles. The third-order valence-electron chi connectivity index (χ3n) is 11.7. The molecule has 0 atom stereocenters. The fourth-order valence-corrected chi connectivity index (χ4v) is 13.4. The van der Waals surface area contributed by atoms with Crippen molar-refractivity contribution in [3.63, 3.8) is 0 Å². The summed E-state index contributed by atoms with van der Waals surface area (Å²) in [6.45, 7) is 4.61. The Balaban J connectivity index is 1.00. The molecule has 0 N–H and O–H groups in total. The van der Waals surface area contributed by atoms with Crippen molar-refractivity contribution in [1.29, 1.82) is 0 Å². The topological polar surface area (TPSA) is 0 Å². The average Bonchev–Trinajstić information content (AvgIpc) is 3.69. The van der Waals surface area contributed by atoms with Gasteiger partial charge in [-0.1, -0.05) is 78.1 Å². The molecule has 7 aromatic rings. The Kier molecular flexibility index (Phi) is 14.1. The van der Waals surface area contributed by atoms with E-state index in [4.69, 9.17) is 0 Å². The fraction of sp³-hybridized carbons (Fsp3) is 0.480. The summed E-state index contributed by atoms with van der Waals surface area (Å²) >= 11 is 0.745. The van der Waals surface area contributed by atoms with Gasteiger partial charge in [-0.3, -0.25) is 0 Å². The van der Waals surface area contributed by atoms with E-state index in [1.54, 1.807) is 17.0 Å². The molecule has 0 unspecified atom stereocenters. The van der Waals surface area contributed by atoms with E-state index in [-0.39, 0.29) is 0 Å². The van der Waals surface area contributed by atoms with Gasteiger partial charge in [-0.05, 0) is 0 Å². The van der Waals surface area contributed by atoms with E-state index in [0.29, 0.717) is 29.0 Å². The van der Waals surface area contributed by atoms with Crippen LogP contribution < -0.4 is 0 Å². The fourth-order valence-electron chi connectivity index (χ4n) is 8.57. The van der Waals surface area contributed by atoms with E-state index in [9.17, 15) is 0 Å². The van der Waals surface area contributed by atoms with Crippen LogP contribution in [-0.4, -0.2) is 29.0 Å². The molecule has 7 rings (SSSR count). The number of benzene rings is 5. The summed E-state index contributed by atoms with van der Waals surface area (Å²) in [4.78, 5) is 0. The number of rotatable bonds is 22. The molecule has 2 heterocycles. The number of fused-ring (bicyclic) bond motifs is 8. The van der Waals surface area contributed by atoms with Gasteiger partial charge in [0.15, 0.2) is 0 Å². The molecule has 0 spiro atoms. The van der Waals surface area contributed by atoms with Gasteiger partial charge in [-0.2, -0.15) is 0 Å². The van der Waals surface area contributed by atoms with Gasteiger partial charge in [0.25, 0.3) is 0 Å². The van der Waals surface area contributed by atoms with E-state index < -0.39 is 0 Å². The first-order chi connectivity index (χ1) is 25.7. The summed E-state index contributed by atoms with van der Waals surface area (Å²) in [7, 11) is 0. The summed E-state index contributed by atoms with van der Waals surface area (Å²) in [6.07, 6.45) is 30.5. The van der Waals surface area contributed by atoms with Gasteiger partial charge in [-0.25, -0.2) is 0 Å². The van der Waals surface area contributed by atoms with E-state index in [2.05, 4.69) is 86.6 Å². The molecule has 2 heteroatoms. The van der Waals surface area contributed by atoms with Crippen LogP contribution in [0.15, 0.2) is 72.8 Å². The zero-order valence-corrected chi connectivity index (χ0v) is 35.7. The van der Waals surface area contributed by atoms with E-state index in [0.717, 1.165) is 0 Å². The zero-order chi connectivity index (χ0) is 35.5. The monoisotopic (exact) mass is 822 g/mol. The summed E-state index contributed by atoms with van der Waals surface area (Å²) in [6, 6.07) is 29.9. The van der Waals surface area contributed by atoms with Crippen LogP contribution >= 0.6 is 0 Å². The third-order valence-corrected chi connectivity index (χ3v) is 16.4. The molecule has 0 aliphatic rings. The Morgan fingerprint density at radius 1 is 0.308 bits per heavy atom. The van der Waals surface area contributed by atoms with E-state index >= 15 is 0 Å². The van der Waals surface area contributed by atoms with Crippen molar-refractivity contribution in [2.24, 2.45) is 0 Å². The van der Waals surface area contributed by atoms with Crippen LogP contribution in [0.2, 0.25) is 0 Å². The van der Waals surface area contributed by atoms with Gasteiger partial charge in [-0.15, -0.1) is 0 Å². The molecule has 0 bridgehead atoms. The van der Waals surface area contributed by atoms with Gasteiger partial charge in [0, 0.05) is 0 Å². The molecule has 0 radical (unpaired) electrons. The molecule has 274 valence electrons. The Morgan fingerprint density at radius 2 is 0.635 bits per heavy atom. The maximum absolute atomic E-state index is 2.60. The van der Waals surface area contributed by atoms with Gasteiger partial charge in [0.2, 0.25) is 0 Å².